The molecule has 12 heteroatoms. The van der Waals surface area contributed by atoms with Gasteiger partial charge in [-0.05, 0) is 36.8 Å². The van der Waals surface area contributed by atoms with E-state index >= 15 is 0 Å². The van der Waals surface area contributed by atoms with Crippen LogP contribution in [0.25, 0.3) is 0 Å². The van der Waals surface area contributed by atoms with Gasteiger partial charge >= 0.3 is 6.09 Å². The Kier molecular flexibility index (Phi) is 5.65. The Morgan fingerprint density at radius 2 is 1.89 bits per heavy atom. The van der Waals surface area contributed by atoms with Gasteiger partial charge < -0.3 is 9.64 Å². The minimum atomic E-state index is -1.59. The monoisotopic (exact) mass is 489 g/mol. The van der Waals surface area contributed by atoms with Gasteiger partial charge in [0, 0.05) is 6.04 Å². The number of hydrogen-bond donors (Lipinski definition) is 0. The van der Waals surface area contributed by atoms with Crippen LogP contribution in [-0.2, 0) is 29.0 Å². The third-order valence-electron chi connectivity index (χ3n) is 6.10. The van der Waals surface area contributed by atoms with E-state index in [0.29, 0.717) is 17.9 Å². The lowest BCUT2D eigenvalue weighted by atomic mass is 10.1. The molecule has 8 nitrogen and oxygen atoms in total. The molecule has 0 aliphatic carbocycles. The van der Waals surface area contributed by atoms with E-state index in [1.165, 1.54) is 28.1 Å². The van der Waals surface area contributed by atoms with Crippen molar-refractivity contribution >= 4 is 17.7 Å². The van der Waals surface area contributed by atoms with Crippen molar-refractivity contribution in [2.75, 3.05) is 11.4 Å². The average Bonchev–Trinajstić information content (AvgIpc) is 3.39. The van der Waals surface area contributed by atoms with Crippen molar-refractivity contribution in [1.82, 2.24) is 19.7 Å². The number of pyridine rings is 1. The zero-order valence-electron chi connectivity index (χ0n) is 18.4. The van der Waals surface area contributed by atoms with Crippen molar-refractivity contribution in [1.29, 1.82) is 0 Å². The van der Waals surface area contributed by atoms with Gasteiger partial charge in [-0.2, -0.15) is 9.49 Å². The van der Waals surface area contributed by atoms with Crippen molar-refractivity contribution in [2.24, 2.45) is 0 Å². The molecule has 2 amide bonds. The third-order valence-corrected chi connectivity index (χ3v) is 6.10. The normalized spacial score (nSPS) is 19.6. The summed E-state index contributed by atoms with van der Waals surface area (Å²) in [5.41, 5.74) is 1.27. The van der Waals surface area contributed by atoms with Gasteiger partial charge in [0.2, 0.25) is 11.9 Å². The number of hydrogen-bond acceptors (Lipinski definition) is 5. The highest BCUT2D eigenvalue weighted by molar-refractivity contribution is 5.90. The highest BCUT2D eigenvalue weighted by Crippen LogP contribution is 2.34. The van der Waals surface area contributed by atoms with Crippen LogP contribution in [0, 0.1) is 23.4 Å². The second-order valence-corrected chi connectivity index (χ2v) is 8.45. The molecule has 0 N–H and O–H groups in total. The largest absolute Gasteiger partial charge is 0.437 e. The Morgan fingerprint density at radius 1 is 1.14 bits per heavy atom. The first-order valence-electron chi connectivity index (χ1n) is 10.8. The van der Waals surface area contributed by atoms with Gasteiger partial charge in [0.15, 0.2) is 23.6 Å². The Labute approximate surface area is 196 Å². The van der Waals surface area contributed by atoms with Crippen LogP contribution in [0.2, 0.25) is 0 Å². The Hall–Kier alpha value is -3.96. The topological polar surface area (TPSA) is 80.6 Å². The predicted molar refractivity (Wildman–Crippen MR) is 113 cm³/mol. The summed E-state index contributed by atoms with van der Waals surface area (Å²) in [5.74, 6) is -5.44. The number of nitrogens with zero attached hydrogens (tertiary/aromatic N) is 5. The fourth-order valence-electron chi connectivity index (χ4n) is 4.35. The number of halogens is 4. The molecule has 0 radical (unpaired) electrons. The number of rotatable bonds is 4. The van der Waals surface area contributed by atoms with Crippen molar-refractivity contribution in [2.45, 2.75) is 38.6 Å². The van der Waals surface area contributed by atoms with Crippen molar-refractivity contribution in [3.8, 4) is 0 Å². The maximum absolute atomic E-state index is 13.6. The molecule has 3 aromatic rings. The van der Waals surface area contributed by atoms with Crippen molar-refractivity contribution in [3.05, 3.63) is 76.9 Å². The van der Waals surface area contributed by atoms with Crippen LogP contribution < -0.4 is 4.90 Å². The lowest BCUT2D eigenvalue weighted by molar-refractivity contribution is -0.134. The molecule has 1 fully saturated rings. The van der Waals surface area contributed by atoms with Gasteiger partial charge in [0.1, 0.15) is 0 Å². The van der Waals surface area contributed by atoms with Crippen LogP contribution in [0.15, 0.2) is 36.5 Å². The lowest BCUT2D eigenvalue weighted by Crippen LogP contribution is -2.46. The van der Waals surface area contributed by atoms with Crippen LogP contribution in [0.1, 0.15) is 30.0 Å². The number of carbonyl (C=O) groups excluding carboxylic acids is 2. The predicted octanol–water partition coefficient (Wildman–Crippen LogP) is 3.51. The molecule has 1 unspecified atom stereocenters. The summed E-state index contributed by atoms with van der Waals surface area (Å²) in [6.45, 7) is 2.27. The summed E-state index contributed by atoms with van der Waals surface area (Å²) >= 11 is 0. The fourth-order valence-corrected chi connectivity index (χ4v) is 4.35. The van der Waals surface area contributed by atoms with Gasteiger partial charge in [0.25, 0.3) is 0 Å². The van der Waals surface area contributed by atoms with Crippen LogP contribution >= 0.6 is 0 Å². The molecular weight excluding hydrogens is 470 g/mol. The number of ether oxygens (including phenoxy) is 1. The summed E-state index contributed by atoms with van der Waals surface area (Å²) in [6, 6.07) is 5.50. The molecule has 1 aromatic carbocycles. The fraction of sp³-hybridized carbons (Fsp3) is 0.304. The Bertz CT molecular complexity index is 1310. The minimum absolute atomic E-state index is 0.00598. The molecule has 0 bridgehead atoms. The van der Waals surface area contributed by atoms with Crippen molar-refractivity contribution in [3.63, 3.8) is 0 Å². The summed E-state index contributed by atoms with van der Waals surface area (Å²) in [4.78, 5) is 32.2. The number of fused-ring (bicyclic) bond motifs is 1. The quantitative estimate of drug-likeness (QED) is 0.318. The van der Waals surface area contributed by atoms with E-state index in [-0.39, 0.29) is 36.8 Å². The van der Waals surface area contributed by atoms with Crippen molar-refractivity contribution < 1.29 is 31.9 Å². The van der Waals surface area contributed by atoms with Crippen LogP contribution in [-0.4, -0.2) is 44.3 Å². The van der Waals surface area contributed by atoms with E-state index in [1.54, 1.807) is 17.7 Å². The third kappa shape index (κ3) is 4.19. The van der Waals surface area contributed by atoms with Crippen LogP contribution in [0.4, 0.5) is 28.0 Å². The molecule has 4 heterocycles. The lowest BCUT2D eigenvalue weighted by Gasteiger charge is -2.35. The second-order valence-electron chi connectivity index (χ2n) is 8.45. The minimum Gasteiger partial charge on any atom is -0.437 e. The molecule has 2 aliphatic rings. The van der Waals surface area contributed by atoms with E-state index in [2.05, 4.69) is 10.1 Å². The standard InChI is InChI=1S/C23H19F4N5O3/c1-12-9-32-18(10-30(12)21(33)7-13-5-14(24)22(27)15(25)6-13)17(8-28-32)31-11-19(35-23(31)34)16-3-2-4-20(26)29-16/h2-6,8,12,19H,7,9-11H2,1H3/t12-,19?/m0/s1. The SMILES string of the molecule is C[C@H]1Cn2ncc(N3CC(c4cccc(F)n4)OC3=O)c2CN1C(=O)Cc1cc(F)c(F)c(F)c1. The van der Waals surface area contributed by atoms with E-state index in [9.17, 15) is 27.2 Å². The molecule has 2 atom stereocenters. The summed E-state index contributed by atoms with van der Waals surface area (Å²) in [6.07, 6.45) is -0.285. The maximum Gasteiger partial charge on any atom is 0.415 e. The van der Waals surface area contributed by atoms with Gasteiger partial charge in [-0.1, -0.05) is 6.07 Å². The second kappa shape index (κ2) is 8.67. The summed E-state index contributed by atoms with van der Waals surface area (Å²) in [5, 5.41) is 4.32. The molecule has 182 valence electrons. The number of aromatic nitrogens is 3. The summed E-state index contributed by atoms with van der Waals surface area (Å²) in [7, 11) is 0. The summed E-state index contributed by atoms with van der Waals surface area (Å²) < 4.78 is 61.0. The highest BCUT2D eigenvalue weighted by Gasteiger charge is 2.38. The Morgan fingerprint density at radius 3 is 2.60 bits per heavy atom. The first kappa shape index (κ1) is 22.8. The molecule has 0 saturated carbocycles. The molecule has 2 aliphatic heterocycles. The van der Waals surface area contributed by atoms with E-state index < -0.39 is 41.5 Å². The molecule has 0 spiro atoms. The maximum atomic E-state index is 13.6. The molecule has 5 rings (SSSR count). The number of carbonyl (C=O) groups is 2. The Balaban J connectivity index is 1.36. The zero-order valence-corrected chi connectivity index (χ0v) is 18.4. The zero-order chi connectivity index (χ0) is 24.9. The van der Waals surface area contributed by atoms with Gasteiger partial charge in [-0.25, -0.2) is 22.9 Å². The number of cyclic esters (lactones) is 1. The van der Waals surface area contributed by atoms with Gasteiger partial charge in [-0.3, -0.25) is 14.4 Å². The van der Waals surface area contributed by atoms with E-state index in [4.69, 9.17) is 4.74 Å². The molecule has 2 aromatic heterocycles. The van der Waals surface area contributed by atoms with Gasteiger partial charge in [-0.15, -0.1) is 0 Å². The first-order chi connectivity index (χ1) is 16.7. The first-order valence-corrected chi connectivity index (χ1v) is 10.8. The van der Waals surface area contributed by atoms with Gasteiger partial charge in [0.05, 0.1) is 49.3 Å². The smallest absolute Gasteiger partial charge is 0.415 e. The van der Waals surface area contributed by atoms with E-state index in [0.717, 1.165) is 12.1 Å². The average molecular weight is 489 g/mol. The van der Waals surface area contributed by atoms with Crippen LogP contribution in [0.5, 0.6) is 0 Å². The number of amides is 2. The molecular formula is C23H19F4N5O3. The molecule has 35 heavy (non-hydrogen) atoms. The number of anilines is 1. The van der Waals surface area contributed by atoms with Crippen LogP contribution in [0.3, 0.4) is 0 Å². The number of benzene rings is 1. The van der Waals surface area contributed by atoms with E-state index in [1.807, 2.05) is 0 Å². The highest BCUT2D eigenvalue weighted by atomic mass is 19.2. The molecule has 1 saturated heterocycles.